The maximum atomic E-state index is 13.7. The molecule has 100 valence electrons. The fourth-order valence-electron chi connectivity index (χ4n) is 1.72. The van der Waals surface area contributed by atoms with Crippen LogP contribution in [0.15, 0.2) is 24.3 Å². The average molecular weight is 261 g/mol. The van der Waals surface area contributed by atoms with Crippen molar-refractivity contribution >= 4 is 5.82 Å². The zero-order chi connectivity index (χ0) is 14.0. The standard InChI is InChI=1S/C14H16FN3O/c1-8(2)14-17-11(7-13(16)18-14)9-4-5-12(19-3)10(15)6-9/h4-8H,1-3H3,(H2,16,17,18). The van der Waals surface area contributed by atoms with Crippen LogP contribution in [0.3, 0.4) is 0 Å². The normalized spacial score (nSPS) is 10.8. The summed E-state index contributed by atoms with van der Waals surface area (Å²) in [5, 5.41) is 0. The molecular weight excluding hydrogens is 245 g/mol. The van der Waals surface area contributed by atoms with Crippen molar-refractivity contribution in [3.63, 3.8) is 0 Å². The van der Waals surface area contributed by atoms with Crippen LogP contribution in [0.2, 0.25) is 0 Å². The van der Waals surface area contributed by atoms with Gasteiger partial charge in [-0.05, 0) is 18.2 Å². The van der Waals surface area contributed by atoms with Gasteiger partial charge < -0.3 is 10.5 Å². The minimum Gasteiger partial charge on any atom is -0.494 e. The Bertz CT molecular complexity index is 599. The number of rotatable bonds is 3. The van der Waals surface area contributed by atoms with E-state index in [0.29, 0.717) is 22.9 Å². The lowest BCUT2D eigenvalue weighted by Gasteiger charge is -2.09. The number of methoxy groups -OCH3 is 1. The third-order valence-electron chi connectivity index (χ3n) is 2.73. The highest BCUT2D eigenvalue weighted by Gasteiger charge is 2.10. The number of benzene rings is 1. The molecule has 0 aliphatic carbocycles. The monoisotopic (exact) mass is 261 g/mol. The Morgan fingerprint density at radius 2 is 1.95 bits per heavy atom. The van der Waals surface area contributed by atoms with Crippen LogP contribution in [-0.2, 0) is 0 Å². The Kier molecular flexibility index (Phi) is 3.64. The van der Waals surface area contributed by atoms with Gasteiger partial charge in [0.2, 0.25) is 0 Å². The molecule has 0 aliphatic heterocycles. The molecule has 0 spiro atoms. The molecule has 0 radical (unpaired) electrons. The molecule has 0 amide bonds. The summed E-state index contributed by atoms with van der Waals surface area (Å²) in [4.78, 5) is 8.56. The highest BCUT2D eigenvalue weighted by Crippen LogP contribution is 2.26. The molecule has 2 aromatic rings. The molecule has 0 saturated carbocycles. The van der Waals surface area contributed by atoms with Crippen LogP contribution in [0.4, 0.5) is 10.2 Å². The number of halogens is 1. The minimum atomic E-state index is -0.428. The molecule has 0 saturated heterocycles. The fraction of sp³-hybridized carbons (Fsp3) is 0.286. The predicted octanol–water partition coefficient (Wildman–Crippen LogP) is 3.00. The van der Waals surface area contributed by atoms with Crippen molar-refractivity contribution < 1.29 is 9.13 Å². The highest BCUT2D eigenvalue weighted by molar-refractivity contribution is 5.63. The van der Waals surface area contributed by atoms with Gasteiger partial charge in [0.1, 0.15) is 11.6 Å². The van der Waals surface area contributed by atoms with Crippen LogP contribution in [0.5, 0.6) is 5.75 Å². The summed E-state index contributed by atoms with van der Waals surface area (Å²) in [6.45, 7) is 3.96. The minimum absolute atomic E-state index is 0.158. The van der Waals surface area contributed by atoms with Crippen LogP contribution >= 0.6 is 0 Å². The Balaban J connectivity index is 2.49. The van der Waals surface area contributed by atoms with Crippen LogP contribution in [0, 0.1) is 5.82 Å². The van der Waals surface area contributed by atoms with Gasteiger partial charge in [-0.25, -0.2) is 14.4 Å². The van der Waals surface area contributed by atoms with Crippen molar-refractivity contribution in [3.8, 4) is 17.0 Å². The molecule has 0 unspecified atom stereocenters. The molecule has 1 heterocycles. The molecule has 19 heavy (non-hydrogen) atoms. The van der Waals surface area contributed by atoms with Gasteiger partial charge in [-0.15, -0.1) is 0 Å². The summed E-state index contributed by atoms with van der Waals surface area (Å²) in [7, 11) is 1.43. The zero-order valence-electron chi connectivity index (χ0n) is 11.1. The molecule has 1 aromatic carbocycles. The molecule has 4 nitrogen and oxygen atoms in total. The third-order valence-corrected chi connectivity index (χ3v) is 2.73. The van der Waals surface area contributed by atoms with E-state index in [9.17, 15) is 4.39 Å². The third kappa shape index (κ3) is 2.81. The van der Waals surface area contributed by atoms with Gasteiger partial charge in [0.15, 0.2) is 11.6 Å². The maximum Gasteiger partial charge on any atom is 0.165 e. The van der Waals surface area contributed by atoms with Crippen LogP contribution < -0.4 is 10.5 Å². The zero-order valence-corrected chi connectivity index (χ0v) is 11.1. The van der Waals surface area contributed by atoms with E-state index in [1.165, 1.54) is 13.2 Å². The Morgan fingerprint density at radius 1 is 1.21 bits per heavy atom. The van der Waals surface area contributed by atoms with E-state index < -0.39 is 5.82 Å². The van der Waals surface area contributed by atoms with Gasteiger partial charge in [0.25, 0.3) is 0 Å². The smallest absolute Gasteiger partial charge is 0.165 e. The molecule has 0 fully saturated rings. The van der Waals surface area contributed by atoms with Gasteiger partial charge in [0, 0.05) is 17.5 Å². The maximum absolute atomic E-state index is 13.7. The van der Waals surface area contributed by atoms with E-state index in [1.54, 1.807) is 18.2 Å². The Morgan fingerprint density at radius 3 is 2.53 bits per heavy atom. The van der Waals surface area contributed by atoms with E-state index in [4.69, 9.17) is 10.5 Å². The summed E-state index contributed by atoms with van der Waals surface area (Å²) >= 11 is 0. The van der Waals surface area contributed by atoms with E-state index in [0.717, 1.165) is 0 Å². The number of nitrogens with zero attached hydrogens (tertiary/aromatic N) is 2. The van der Waals surface area contributed by atoms with Crippen molar-refractivity contribution in [2.45, 2.75) is 19.8 Å². The van der Waals surface area contributed by atoms with Crippen molar-refractivity contribution in [3.05, 3.63) is 35.9 Å². The number of nitrogens with two attached hydrogens (primary N) is 1. The second-order valence-electron chi connectivity index (χ2n) is 4.54. The van der Waals surface area contributed by atoms with Crippen LogP contribution in [-0.4, -0.2) is 17.1 Å². The van der Waals surface area contributed by atoms with E-state index in [1.807, 2.05) is 13.8 Å². The Hall–Kier alpha value is -2.17. The lowest BCUT2D eigenvalue weighted by Crippen LogP contribution is -2.03. The molecule has 0 bridgehead atoms. The first-order valence-electron chi connectivity index (χ1n) is 5.99. The topological polar surface area (TPSA) is 61.0 Å². The quantitative estimate of drug-likeness (QED) is 0.922. The van der Waals surface area contributed by atoms with Crippen molar-refractivity contribution in [2.75, 3.05) is 12.8 Å². The fourth-order valence-corrected chi connectivity index (χ4v) is 1.72. The summed E-state index contributed by atoms with van der Waals surface area (Å²) in [6, 6.07) is 6.32. The number of hydrogen-bond donors (Lipinski definition) is 1. The SMILES string of the molecule is COc1ccc(-c2cc(N)nc(C(C)C)n2)cc1F. The van der Waals surface area contributed by atoms with Gasteiger partial charge in [-0.3, -0.25) is 0 Å². The highest BCUT2D eigenvalue weighted by atomic mass is 19.1. The van der Waals surface area contributed by atoms with Crippen molar-refractivity contribution in [1.29, 1.82) is 0 Å². The number of ether oxygens (including phenoxy) is 1. The second kappa shape index (κ2) is 5.22. The number of hydrogen-bond acceptors (Lipinski definition) is 4. The molecule has 2 rings (SSSR count). The lowest BCUT2D eigenvalue weighted by atomic mass is 10.1. The first-order chi connectivity index (χ1) is 9.01. The largest absolute Gasteiger partial charge is 0.494 e. The van der Waals surface area contributed by atoms with Crippen LogP contribution in [0.25, 0.3) is 11.3 Å². The average Bonchev–Trinajstić information content (AvgIpc) is 2.37. The second-order valence-corrected chi connectivity index (χ2v) is 4.54. The van der Waals surface area contributed by atoms with Crippen molar-refractivity contribution in [1.82, 2.24) is 9.97 Å². The van der Waals surface area contributed by atoms with Crippen molar-refractivity contribution in [2.24, 2.45) is 0 Å². The number of anilines is 1. The first-order valence-corrected chi connectivity index (χ1v) is 5.99. The van der Waals surface area contributed by atoms with E-state index in [-0.39, 0.29) is 11.7 Å². The van der Waals surface area contributed by atoms with Gasteiger partial charge in [-0.2, -0.15) is 0 Å². The number of aromatic nitrogens is 2. The summed E-state index contributed by atoms with van der Waals surface area (Å²) in [6.07, 6.45) is 0. The molecule has 1 aromatic heterocycles. The summed E-state index contributed by atoms with van der Waals surface area (Å²) < 4.78 is 18.6. The Labute approximate surface area is 111 Å². The van der Waals surface area contributed by atoms with E-state index >= 15 is 0 Å². The molecule has 0 atom stereocenters. The van der Waals surface area contributed by atoms with E-state index in [2.05, 4.69) is 9.97 Å². The summed E-state index contributed by atoms with van der Waals surface area (Å²) in [5.74, 6) is 0.958. The first kappa shape index (κ1) is 13.3. The molecule has 5 heteroatoms. The van der Waals surface area contributed by atoms with Gasteiger partial charge in [-0.1, -0.05) is 13.8 Å². The predicted molar refractivity (Wildman–Crippen MR) is 72.5 cm³/mol. The van der Waals surface area contributed by atoms with Crippen LogP contribution in [0.1, 0.15) is 25.6 Å². The molecule has 2 N–H and O–H groups in total. The van der Waals surface area contributed by atoms with Gasteiger partial charge in [0.05, 0.1) is 12.8 Å². The number of nitrogen functional groups attached to an aromatic ring is 1. The molecular formula is C14H16FN3O. The summed E-state index contributed by atoms with van der Waals surface area (Å²) in [5.41, 5.74) is 7.02. The lowest BCUT2D eigenvalue weighted by molar-refractivity contribution is 0.386. The molecule has 0 aliphatic rings. The van der Waals surface area contributed by atoms with Gasteiger partial charge >= 0.3 is 0 Å².